The average molecular weight is 533 g/mol. The van der Waals surface area contributed by atoms with Crippen LogP contribution in [0.15, 0.2) is 24.5 Å². The first-order chi connectivity index (χ1) is 15.0. The lowest BCUT2D eigenvalue weighted by atomic mass is 9.88. The highest BCUT2D eigenvalue weighted by atomic mass is 35.5. The van der Waals surface area contributed by atoms with E-state index in [9.17, 15) is 4.79 Å². The summed E-state index contributed by atoms with van der Waals surface area (Å²) in [6.45, 7) is 6.78. The van der Waals surface area contributed by atoms with E-state index < -0.39 is 0 Å². The molecule has 1 aromatic carbocycles. The van der Waals surface area contributed by atoms with Crippen molar-refractivity contribution in [3.05, 3.63) is 51.4 Å². The lowest BCUT2D eigenvalue weighted by Gasteiger charge is -2.38. The van der Waals surface area contributed by atoms with Gasteiger partial charge in [-0.25, -0.2) is 9.97 Å². The highest BCUT2D eigenvalue weighted by molar-refractivity contribution is 6.42. The monoisotopic (exact) mass is 531 g/mol. The summed E-state index contributed by atoms with van der Waals surface area (Å²) in [5.74, 6) is 1.83. The van der Waals surface area contributed by atoms with Gasteiger partial charge in [-0.1, -0.05) is 36.2 Å². The fraction of sp³-hybridized carbons (Fsp3) is 0.522. The van der Waals surface area contributed by atoms with Crippen molar-refractivity contribution in [1.82, 2.24) is 20.2 Å². The van der Waals surface area contributed by atoms with Crippen LogP contribution >= 0.6 is 48.0 Å². The van der Waals surface area contributed by atoms with Gasteiger partial charge in [-0.3, -0.25) is 4.79 Å². The number of nitrogens with zero attached hydrogens (tertiary/aromatic N) is 4. The highest BCUT2D eigenvalue weighted by Crippen LogP contribution is 2.38. The normalized spacial score (nSPS) is 24.2. The molecule has 3 aliphatic rings. The van der Waals surface area contributed by atoms with Gasteiger partial charge in [0.1, 0.15) is 12.1 Å². The molecule has 1 amide bonds. The number of aryl methyl sites for hydroxylation is 1. The molecular formula is C23H29Cl4N5O. The molecule has 3 atom stereocenters. The van der Waals surface area contributed by atoms with Crippen LogP contribution in [0, 0.1) is 5.92 Å². The van der Waals surface area contributed by atoms with Crippen molar-refractivity contribution in [1.29, 1.82) is 0 Å². The molecule has 0 spiro atoms. The second-order valence-electron chi connectivity index (χ2n) is 8.85. The van der Waals surface area contributed by atoms with Gasteiger partial charge < -0.3 is 15.1 Å². The maximum absolute atomic E-state index is 13.4. The Morgan fingerprint density at radius 2 is 1.82 bits per heavy atom. The van der Waals surface area contributed by atoms with Crippen LogP contribution in [0.2, 0.25) is 10.0 Å². The number of hydrogen-bond acceptors (Lipinski definition) is 5. The standard InChI is InChI=1S/C23H27Cl2N5O.2ClH/c1-14-2-5-20-21(14)22(28-13-27-20)29-6-8-30(9-7-29)23(31)17-12-26-11-16(17)15-3-4-18(24)19(25)10-15;;/h3-4,10,13-14,16-17,26H,2,5-9,11-12H2,1H3;2*1H/t14?,16-,17+;;/m1../s1. The SMILES string of the molecule is CC1CCc2ncnc(N3CCN(C(=O)[C@H]4CNC[C@@H]4c4ccc(Cl)c(Cl)c4)CC3)c21.Cl.Cl. The zero-order valence-corrected chi connectivity index (χ0v) is 21.6. The third-order valence-corrected chi connectivity index (χ3v) is 7.79. The maximum atomic E-state index is 13.4. The van der Waals surface area contributed by atoms with Crippen molar-refractivity contribution < 1.29 is 4.79 Å². The summed E-state index contributed by atoms with van der Waals surface area (Å²) >= 11 is 12.3. The van der Waals surface area contributed by atoms with E-state index in [2.05, 4.69) is 27.1 Å². The van der Waals surface area contributed by atoms with Crippen molar-refractivity contribution >= 4 is 59.7 Å². The molecule has 0 radical (unpaired) electrons. The number of aromatic nitrogens is 2. The molecule has 2 saturated heterocycles. The molecular weight excluding hydrogens is 504 g/mol. The van der Waals surface area contributed by atoms with Gasteiger partial charge in [0, 0.05) is 56.4 Å². The van der Waals surface area contributed by atoms with Gasteiger partial charge in [-0.05, 0) is 36.5 Å². The van der Waals surface area contributed by atoms with Crippen molar-refractivity contribution in [2.24, 2.45) is 5.92 Å². The third-order valence-electron chi connectivity index (χ3n) is 7.05. The number of halogens is 4. The smallest absolute Gasteiger partial charge is 0.227 e. The number of fused-ring (bicyclic) bond motifs is 1. The topological polar surface area (TPSA) is 61.4 Å². The van der Waals surface area contributed by atoms with Crippen LogP contribution in [-0.4, -0.2) is 60.0 Å². The molecule has 3 heterocycles. The molecule has 0 bridgehead atoms. The molecule has 180 valence electrons. The van der Waals surface area contributed by atoms with Crippen LogP contribution in [0.25, 0.3) is 0 Å². The van der Waals surface area contributed by atoms with Gasteiger partial charge in [0.2, 0.25) is 5.91 Å². The Kier molecular flexibility index (Phi) is 8.73. The predicted octanol–water partition coefficient (Wildman–Crippen LogP) is 4.33. The van der Waals surface area contributed by atoms with Crippen LogP contribution in [0.5, 0.6) is 0 Å². The first kappa shape index (κ1) is 26.3. The Bertz CT molecular complexity index is 999. The van der Waals surface area contributed by atoms with E-state index >= 15 is 0 Å². The van der Waals surface area contributed by atoms with Crippen LogP contribution in [0.1, 0.15) is 42.0 Å². The number of carbonyl (C=O) groups excluding carboxylic acids is 1. The number of amides is 1. The maximum Gasteiger partial charge on any atom is 0.227 e. The summed E-state index contributed by atoms with van der Waals surface area (Å²) in [5, 5.41) is 4.47. The summed E-state index contributed by atoms with van der Waals surface area (Å²) in [6, 6.07) is 5.70. The number of anilines is 1. The number of hydrogen-bond donors (Lipinski definition) is 1. The van der Waals surface area contributed by atoms with Crippen molar-refractivity contribution in [2.45, 2.75) is 31.6 Å². The Morgan fingerprint density at radius 1 is 1.06 bits per heavy atom. The number of rotatable bonds is 3. The van der Waals surface area contributed by atoms with Gasteiger partial charge in [0.15, 0.2) is 0 Å². The van der Waals surface area contributed by atoms with Gasteiger partial charge in [-0.15, -0.1) is 24.8 Å². The van der Waals surface area contributed by atoms with Gasteiger partial charge >= 0.3 is 0 Å². The number of nitrogens with one attached hydrogen (secondary N) is 1. The van der Waals surface area contributed by atoms with E-state index in [0.717, 1.165) is 56.9 Å². The zero-order valence-electron chi connectivity index (χ0n) is 18.5. The fourth-order valence-electron chi connectivity index (χ4n) is 5.28. The second kappa shape index (κ2) is 11.0. The largest absolute Gasteiger partial charge is 0.353 e. The molecule has 0 saturated carbocycles. The van der Waals surface area contributed by atoms with Crippen LogP contribution in [0.3, 0.4) is 0 Å². The predicted molar refractivity (Wildman–Crippen MR) is 138 cm³/mol. The molecule has 33 heavy (non-hydrogen) atoms. The first-order valence-corrected chi connectivity index (χ1v) is 11.8. The summed E-state index contributed by atoms with van der Waals surface area (Å²) < 4.78 is 0. The van der Waals surface area contributed by atoms with E-state index in [4.69, 9.17) is 23.2 Å². The Balaban J connectivity index is 0.00000153. The molecule has 1 N–H and O–H groups in total. The van der Waals surface area contributed by atoms with Crippen molar-refractivity contribution in [3.8, 4) is 0 Å². The van der Waals surface area contributed by atoms with Crippen molar-refractivity contribution in [3.63, 3.8) is 0 Å². The van der Waals surface area contributed by atoms with Crippen LogP contribution < -0.4 is 10.2 Å². The van der Waals surface area contributed by atoms with E-state index in [1.807, 2.05) is 23.1 Å². The summed E-state index contributed by atoms with van der Waals surface area (Å²) in [6.07, 6.45) is 3.87. The highest BCUT2D eigenvalue weighted by Gasteiger charge is 2.38. The van der Waals surface area contributed by atoms with Gasteiger partial charge in [0.25, 0.3) is 0 Å². The van der Waals surface area contributed by atoms with E-state index in [-0.39, 0.29) is 42.6 Å². The van der Waals surface area contributed by atoms with Gasteiger partial charge in [0.05, 0.1) is 16.0 Å². The lowest BCUT2D eigenvalue weighted by Crippen LogP contribution is -2.51. The van der Waals surface area contributed by atoms with Gasteiger partial charge in [-0.2, -0.15) is 0 Å². The molecule has 1 aliphatic carbocycles. The van der Waals surface area contributed by atoms with E-state index in [1.165, 1.54) is 11.3 Å². The second-order valence-corrected chi connectivity index (χ2v) is 9.67. The van der Waals surface area contributed by atoms with Crippen LogP contribution in [0.4, 0.5) is 5.82 Å². The Morgan fingerprint density at radius 3 is 2.55 bits per heavy atom. The summed E-state index contributed by atoms with van der Waals surface area (Å²) in [5.41, 5.74) is 3.57. The van der Waals surface area contributed by atoms with E-state index in [0.29, 0.717) is 22.5 Å². The summed E-state index contributed by atoms with van der Waals surface area (Å²) in [7, 11) is 0. The zero-order chi connectivity index (χ0) is 21.5. The first-order valence-electron chi connectivity index (χ1n) is 11.1. The number of benzene rings is 1. The Labute approximate surface area is 217 Å². The molecule has 2 aliphatic heterocycles. The molecule has 1 aromatic heterocycles. The number of piperazine rings is 1. The molecule has 6 nitrogen and oxygen atoms in total. The minimum absolute atomic E-state index is 0. The van der Waals surface area contributed by atoms with Crippen molar-refractivity contribution in [2.75, 3.05) is 44.2 Å². The van der Waals surface area contributed by atoms with E-state index in [1.54, 1.807) is 6.33 Å². The number of carbonyl (C=O) groups is 1. The summed E-state index contributed by atoms with van der Waals surface area (Å²) in [4.78, 5) is 26.8. The molecule has 2 fully saturated rings. The fourth-order valence-corrected chi connectivity index (χ4v) is 5.59. The molecule has 10 heteroatoms. The average Bonchev–Trinajstić information content (AvgIpc) is 3.43. The minimum atomic E-state index is -0.0767. The third kappa shape index (κ3) is 5.06. The molecule has 2 aromatic rings. The lowest BCUT2D eigenvalue weighted by molar-refractivity contribution is -0.135. The molecule has 1 unspecified atom stereocenters. The minimum Gasteiger partial charge on any atom is -0.353 e. The Hall–Kier alpha value is -1.31. The quantitative estimate of drug-likeness (QED) is 0.637. The molecule has 5 rings (SSSR count). The van der Waals surface area contributed by atoms with Crippen LogP contribution in [-0.2, 0) is 11.2 Å².